The third-order valence-electron chi connectivity index (χ3n) is 4.87. The summed E-state index contributed by atoms with van der Waals surface area (Å²) in [7, 11) is 1.43. The number of nitrogens with one attached hydrogen (secondary N) is 1. The molecule has 146 valence electrons. The Balaban J connectivity index is 1.87. The summed E-state index contributed by atoms with van der Waals surface area (Å²) in [6.45, 7) is 0. The predicted molar refractivity (Wildman–Crippen MR) is 107 cm³/mol. The zero-order valence-electron chi connectivity index (χ0n) is 15.8. The third kappa shape index (κ3) is 2.90. The van der Waals surface area contributed by atoms with Crippen molar-refractivity contribution in [2.75, 3.05) is 32.4 Å². The first-order valence-corrected chi connectivity index (χ1v) is 10.3. The quantitative estimate of drug-likeness (QED) is 0.703. The topological polar surface area (TPSA) is 86.8 Å². The minimum Gasteiger partial charge on any atom is -0.493 e. The van der Waals surface area contributed by atoms with Gasteiger partial charge in [-0.2, -0.15) is 0 Å². The van der Waals surface area contributed by atoms with Gasteiger partial charge in [-0.05, 0) is 30.2 Å². The summed E-state index contributed by atoms with van der Waals surface area (Å²) < 4.78 is 40.8. The maximum atomic E-state index is 12.3. The van der Waals surface area contributed by atoms with Gasteiger partial charge in [0.15, 0.2) is 21.3 Å². The van der Waals surface area contributed by atoms with Crippen molar-refractivity contribution in [1.82, 2.24) is 4.98 Å². The maximum Gasteiger partial charge on any atom is 0.203 e. The molecule has 0 amide bonds. The zero-order chi connectivity index (χ0) is 19.9. The van der Waals surface area contributed by atoms with Gasteiger partial charge in [-0.1, -0.05) is 0 Å². The predicted octanol–water partition coefficient (Wildman–Crippen LogP) is 3.33. The summed E-state index contributed by atoms with van der Waals surface area (Å²) in [6, 6.07) is 8.82. The number of ether oxygens (including phenoxy) is 3. The number of benzene rings is 2. The molecule has 2 heterocycles. The van der Waals surface area contributed by atoms with Crippen molar-refractivity contribution in [2.24, 2.45) is 0 Å². The lowest BCUT2D eigenvalue weighted by Crippen LogP contribution is -2.00. The molecule has 1 aliphatic rings. The van der Waals surface area contributed by atoms with Crippen LogP contribution in [0.1, 0.15) is 5.56 Å². The number of sulfone groups is 1. The van der Waals surface area contributed by atoms with Crippen molar-refractivity contribution in [3.63, 3.8) is 0 Å². The second-order valence-corrected chi connectivity index (χ2v) is 8.48. The minimum atomic E-state index is -3.23. The lowest BCUT2D eigenvalue weighted by atomic mass is 10.0. The molecule has 7 nitrogen and oxygen atoms in total. The van der Waals surface area contributed by atoms with E-state index in [2.05, 4.69) is 10.3 Å². The minimum absolute atomic E-state index is 0.125. The molecule has 2 aromatic carbocycles. The Labute approximate surface area is 163 Å². The molecule has 4 rings (SSSR count). The fraction of sp³-hybridized carbons (Fsp3) is 0.250. The van der Waals surface area contributed by atoms with E-state index >= 15 is 0 Å². The summed E-state index contributed by atoms with van der Waals surface area (Å²) >= 11 is 0. The summed E-state index contributed by atoms with van der Waals surface area (Å²) in [5.74, 6) is 1.67. The van der Waals surface area contributed by atoms with Gasteiger partial charge in [0.25, 0.3) is 0 Å². The van der Waals surface area contributed by atoms with Crippen molar-refractivity contribution in [2.45, 2.75) is 11.3 Å². The third-order valence-corrected chi connectivity index (χ3v) is 6.67. The smallest absolute Gasteiger partial charge is 0.203 e. The standard InChI is InChI=1S/C20H20N2O5S/c1-25-16-10-12(11-17(26-2)20(16)27-3)22-15-6-8-21-14-4-5-18-13(19(14)15)7-9-28(18,23)24/h4-6,8,10-11H,7,9H2,1-3H3,(H,21,22). The van der Waals surface area contributed by atoms with Crippen molar-refractivity contribution in [1.29, 1.82) is 0 Å². The van der Waals surface area contributed by atoms with E-state index in [1.807, 2.05) is 6.07 Å². The summed E-state index contributed by atoms with van der Waals surface area (Å²) in [5.41, 5.74) is 3.04. The summed E-state index contributed by atoms with van der Waals surface area (Å²) in [4.78, 5) is 4.79. The normalized spacial score (nSPS) is 14.5. The van der Waals surface area contributed by atoms with Crippen LogP contribution < -0.4 is 19.5 Å². The number of aromatic nitrogens is 1. The molecule has 0 unspecified atom stereocenters. The fourth-order valence-corrected chi connectivity index (χ4v) is 5.15. The highest BCUT2D eigenvalue weighted by Gasteiger charge is 2.28. The van der Waals surface area contributed by atoms with Crippen LogP contribution in [0.25, 0.3) is 10.9 Å². The van der Waals surface area contributed by atoms with Crippen LogP contribution in [0, 0.1) is 0 Å². The van der Waals surface area contributed by atoms with Crippen LogP contribution in [0.2, 0.25) is 0 Å². The summed E-state index contributed by atoms with van der Waals surface area (Å²) in [6.07, 6.45) is 2.17. The van der Waals surface area contributed by atoms with E-state index in [-0.39, 0.29) is 5.75 Å². The zero-order valence-corrected chi connectivity index (χ0v) is 16.6. The Morgan fingerprint density at radius 2 is 1.71 bits per heavy atom. The Morgan fingerprint density at radius 1 is 1.00 bits per heavy atom. The molecular formula is C20H20N2O5S. The van der Waals surface area contributed by atoms with E-state index in [4.69, 9.17) is 14.2 Å². The molecule has 0 spiro atoms. The highest BCUT2D eigenvalue weighted by atomic mass is 32.2. The molecule has 0 bridgehead atoms. The number of pyridine rings is 1. The lowest BCUT2D eigenvalue weighted by molar-refractivity contribution is 0.324. The van der Waals surface area contributed by atoms with Crippen LogP contribution in [0.3, 0.4) is 0 Å². The van der Waals surface area contributed by atoms with Gasteiger partial charge in [0.2, 0.25) is 5.75 Å². The van der Waals surface area contributed by atoms with Gasteiger partial charge >= 0.3 is 0 Å². The molecule has 0 fully saturated rings. The molecule has 0 saturated heterocycles. The van der Waals surface area contributed by atoms with Crippen LogP contribution in [0.15, 0.2) is 41.4 Å². The molecular weight excluding hydrogens is 380 g/mol. The number of methoxy groups -OCH3 is 3. The van der Waals surface area contributed by atoms with Gasteiger partial charge in [0, 0.05) is 35.1 Å². The number of rotatable bonds is 5. The van der Waals surface area contributed by atoms with Crippen molar-refractivity contribution < 1.29 is 22.6 Å². The first kappa shape index (κ1) is 18.4. The van der Waals surface area contributed by atoms with Gasteiger partial charge in [-0.3, -0.25) is 4.98 Å². The molecule has 1 N–H and O–H groups in total. The van der Waals surface area contributed by atoms with E-state index in [9.17, 15) is 8.42 Å². The van der Waals surface area contributed by atoms with Crippen molar-refractivity contribution in [3.8, 4) is 17.2 Å². The Hall–Kier alpha value is -3.00. The second-order valence-electron chi connectivity index (χ2n) is 6.40. The van der Waals surface area contributed by atoms with Crippen LogP contribution >= 0.6 is 0 Å². The Bertz CT molecular complexity index is 1150. The van der Waals surface area contributed by atoms with E-state index < -0.39 is 9.84 Å². The molecule has 0 aliphatic carbocycles. The molecule has 0 atom stereocenters. The Kier molecular flexibility index (Phi) is 4.50. The van der Waals surface area contributed by atoms with Gasteiger partial charge in [-0.15, -0.1) is 0 Å². The first-order valence-electron chi connectivity index (χ1n) is 8.69. The first-order chi connectivity index (χ1) is 13.5. The molecule has 8 heteroatoms. The van der Waals surface area contributed by atoms with Gasteiger partial charge in [-0.25, -0.2) is 8.42 Å². The average molecular weight is 400 g/mol. The molecule has 0 saturated carbocycles. The van der Waals surface area contributed by atoms with Gasteiger partial charge in [0.05, 0.1) is 37.5 Å². The molecule has 28 heavy (non-hydrogen) atoms. The Morgan fingerprint density at radius 3 is 2.36 bits per heavy atom. The average Bonchev–Trinajstić information content (AvgIpc) is 3.02. The second kappa shape index (κ2) is 6.87. The van der Waals surface area contributed by atoms with E-state index in [1.54, 1.807) is 51.8 Å². The number of anilines is 2. The number of aryl methyl sites for hydroxylation is 1. The van der Waals surface area contributed by atoms with E-state index in [0.29, 0.717) is 28.6 Å². The van der Waals surface area contributed by atoms with Gasteiger partial charge in [0.1, 0.15) is 0 Å². The highest BCUT2D eigenvalue weighted by Crippen LogP contribution is 2.42. The van der Waals surface area contributed by atoms with Crippen LogP contribution in [-0.4, -0.2) is 40.5 Å². The van der Waals surface area contributed by atoms with Crippen molar-refractivity contribution in [3.05, 3.63) is 42.1 Å². The van der Waals surface area contributed by atoms with Crippen LogP contribution in [0.5, 0.6) is 17.2 Å². The number of hydrogen-bond acceptors (Lipinski definition) is 7. The van der Waals surface area contributed by atoms with Crippen molar-refractivity contribution >= 4 is 32.1 Å². The van der Waals surface area contributed by atoms with E-state index in [1.165, 1.54) is 0 Å². The molecule has 1 aliphatic heterocycles. The number of nitrogens with zero attached hydrogens (tertiary/aromatic N) is 1. The van der Waals surface area contributed by atoms with Crippen LogP contribution in [0.4, 0.5) is 11.4 Å². The lowest BCUT2D eigenvalue weighted by Gasteiger charge is -2.16. The molecule has 3 aromatic rings. The van der Waals surface area contributed by atoms with Crippen LogP contribution in [-0.2, 0) is 16.3 Å². The number of hydrogen-bond donors (Lipinski definition) is 1. The molecule has 0 radical (unpaired) electrons. The largest absolute Gasteiger partial charge is 0.493 e. The monoisotopic (exact) mass is 400 g/mol. The highest BCUT2D eigenvalue weighted by molar-refractivity contribution is 7.91. The fourth-order valence-electron chi connectivity index (χ4n) is 3.60. The maximum absolute atomic E-state index is 12.3. The summed E-state index contributed by atoms with van der Waals surface area (Å²) in [5, 5.41) is 4.17. The molecule has 1 aromatic heterocycles. The van der Waals surface area contributed by atoms with Gasteiger partial charge < -0.3 is 19.5 Å². The van der Waals surface area contributed by atoms with E-state index in [0.717, 1.165) is 27.8 Å². The SMILES string of the molecule is COc1cc(Nc2ccnc3ccc4c(c23)CCS4(=O)=O)cc(OC)c1OC. The number of fused-ring (bicyclic) bond motifs is 3.